The summed E-state index contributed by atoms with van der Waals surface area (Å²) in [7, 11) is 0. The molecule has 1 aliphatic rings. The molecular weight excluding hydrogens is 108 g/mol. The first-order valence-electron chi connectivity index (χ1n) is 4.16. The highest BCUT2D eigenvalue weighted by atomic mass is 14.2. The van der Waals surface area contributed by atoms with Gasteiger partial charge in [0, 0.05) is 0 Å². The van der Waals surface area contributed by atoms with Gasteiger partial charge >= 0.3 is 0 Å². The maximum absolute atomic E-state index is 4.10. The molecular formula is C9H17. The van der Waals surface area contributed by atoms with Crippen LogP contribution >= 0.6 is 0 Å². The minimum Gasteiger partial charge on any atom is -0.0651 e. The predicted octanol–water partition coefficient (Wildman–Crippen LogP) is 3.04. The highest BCUT2D eigenvalue weighted by Crippen LogP contribution is 2.29. The summed E-state index contributed by atoms with van der Waals surface area (Å²) in [6.45, 7) is 6.39. The molecule has 0 spiro atoms. The maximum atomic E-state index is 4.10. The summed E-state index contributed by atoms with van der Waals surface area (Å²) in [6, 6.07) is 0. The lowest BCUT2D eigenvalue weighted by Gasteiger charge is -2.25. The van der Waals surface area contributed by atoms with E-state index in [9.17, 15) is 0 Å². The summed E-state index contributed by atoms with van der Waals surface area (Å²) >= 11 is 0. The van der Waals surface area contributed by atoms with Crippen LogP contribution in [0.2, 0.25) is 0 Å². The second-order valence-electron chi connectivity index (χ2n) is 3.31. The van der Waals surface area contributed by atoms with E-state index in [0.717, 1.165) is 11.8 Å². The number of hydrogen-bond acceptors (Lipinski definition) is 0. The summed E-state index contributed by atoms with van der Waals surface area (Å²) in [6.07, 6.45) is 7.01. The van der Waals surface area contributed by atoms with Crippen LogP contribution in [0.1, 0.15) is 39.0 Å². The Morgan fingerprint density at radius 1 is 1.44 bits per heavy atom. The van der Waals surface area contributed by atoms with E-state index in [1.165, 1.54) is 32.1 Å². The lowest BCUT2D eigenvalue weighted by Crippen LogP contribution is -2.12. The van der Waals surface area contributed by atoms with Crippen molar-refractivity contribution in [3.8, 4) is 0 Å². The van der Waals surface area contributed by atoms with Gasteiger partial charge in [0.2, 0.25) is 0 Å². The molecule has 0 aromatic carbocycles. The van der Waals surface area contributed by atoms with Gasteiger partial charge in [0.25, 0.3) is 0 Å². The molecule has 1 aliphatic carbocycles. The van der Waals surface area contributed by atoms with E-state index in [0.29, 0.717) is 0 Å². The molecule has 0 aromatic rings. The smallest absolute Gasteiger partial charge is 0.0412 e. The minimum absolute atomic E-state index is 0.767. The average molecular weight is 125 g/mol. The van der Waals surface area contributed by atoms with Crippen molar-refractivity contribution in [1.29, 1.82) is 0 Å². The van der Waals surface area contributed by atoms with Gasteiger partial charge in [-0.05, 0) is 18.3 Å². The van der Waals surface area contributed by atoms with Gasteiger partial charge in [-0.15, -0.1) is 0 Å². The molecule has 9 heavy (non-hydrogen) atoms. The van der Waals surface area contributed by atoms with Crippen LogP contribution in [-0.2, 0) is 0 Å². The topological polar surface area (TPSA) is 0 Å². The number of rotatable bonds is 1. The van der Waals surface area contributed by atoms with Crippen LogP contribution in [0.3, 0.4) is 0 Å². The van der Waals surface area contributed by atoms with Crippen molar-refractivity contribution in [2.24, 2.45) is 11.8 Å². The molecule has 0 aromatic heterocycles. The van der Waals surface area contributed by atoms with E-state index in [1.807, 2.05) is 0 Å². The van der Waals surface area contributed by atoms with Gasteiger partial charge in [-0.3, -0.25) is 0 Å². The molecule has 53 valence electrons. The maximum Gasteiger partial charge on any atom is -0.0412 e. The molecule has 0 heteroatoms. The molecule has 1 rings (SSSR count). The fourth-order valence-electron chi connectivity index (χ4n) is 1.77. The first-order valence-corrected chi connectivity index (χ1v) is 4.16. The largest absolute Gasteiger partial charge is 0.0651 e. The quantitative estimate of drug-likeness (QED) is 0.505. The van der Waals surface area contributed by atoms with Crippen LogP contribution in [-0.4, -0.2) is 0 Å². The van der Waals surface area contributed by atoms with Crippen molar-refractivity contribution in [2.45, 2.75) is 39.0 Å². The van der Waals surface area contributed by atoms with Crippen LogP contribution in [0.15, 0.2) is 0 Å². The van der Waals surface area contributed by atoms with Crippen molar-refractivity contribution in [2.75, 3.05) is 0 Å². The first kappa shape index (κ1) is 7.11. The fraction of sp³-hybridized carbons (Fsp3) is 0.889. The van der Waals surface area contributed by atoms with Crippen molar-refractivity contribution in [3.05, 3.63) is 6.92 Å². The Morgan fingerprint density at radius 3 is 2.67 bits per heavy atom. The van der Waals surface area contributed by atoms with Crippen LogP contribution < -0.4 is 0 Å². The predicted molar refractivity (Wildman–Crippen MR) is 41.1 cm³/mol. The molecule has 0 N–H and O–H groups in total. The second kappa shape index (κ2) is 3.24. The summed E-state index contributed by atoms with van der Waals surface area (Å²) in [4.78, 5) is 0. The molecule has 1 saturated carbocycles. The van der Waals surface area contributed by atoms with Crippen molar-refractivity contribution >= 4 is 0 Å². The third-order valence-corrected chi connectivity index (χ3v) is 2.47. The summed E-state index contributed by atoms with van der Waals surface area (Å²) in [5, 5.41) is 0. The lowest BCUT2D eigenvalue weighted by molar-refractivity contribution is 0.296. The van der Waals surface area contributed by atoms with Gasteiger partial charge in [0.1, 0.15) is 0 Å². The monoisotopic (exact) mass is 125 g/mol. The molecule has 0 saturated heterocycles. The van der Waals surface area contributed by atoms with E-state index in [1.54, 1.807) is 0 Å². The highest BCUT2D eigenvalue weighted by Gasteiger charge is 2.16. The molecule has 1 radical (unpaired) electrons. The summed E-state index contributed by atoms with van der Waals surface area (Å²) < 4.78 is 0. The standard InChI is InChI=1S/C9H17/c1-3-9-6-4-5-8(2)7-9/h8-9H,2-7H2,1H3. The second-order valence-corrected chi connectivity index (χ2v) is 3.31. The fourth-order valence-corrected chi connectivity index (χ4v) is 1.77. The summed E-state index contributed by atoms with van der Waals surface area (Å²) in [5.41, 5.74) is 0. The van der Waals surface area contributed by atoms with Gasteiger partial charge in [-0.1, -0.05) is 39.5 Å². The van der Waals surface area contributed by atoms with Crippen LogP contribution in [0.25, 0.3) is 0 Å². The Hall–Kier alpha value is 0. The molecule has 0 nitrogen and oxygen atoms in total. The van der Waals surface area contributed by atoms with Gasteiger partial charge in [0.15, 0.2) is 0 Å². The van der Waals surface area contributed by atoms with Gasteiger partial charge < -0.3 is 0 Å². The van der Waals surface area contributed by atoms with Crippen molar-refractivity contribution in [1.82, 2.24) is 0 Å². The Bertz CT molecular complexity index is 76.1. The third kappa shape index (κ3) is 2.00. The van der Waals surface area contributed by atoms with Gasteiger partial charge in [0.05, 0.1) is 0 Å². The van der Waals surface area contributed by atoms with E-state index >= 15 is 0 Å². The van der Waals surface area contributed by atoms with E-state index < -0.39 is 0 Å². The van der Waals surface area contributed by atoms with Crippen LogP contribution in [0.4, 0.5) is 0 Å². The average Bonchev–Trinajstić information content (AvgIpc) is 1.88. The molecule has 0 aliphatic heterocycles. The van der Waals surface area contributed by atoms with E-state index in [2.05, 4.69) is 13.8 Å². The van der Waals surface area contributed by atoms with Crippen molar-refractivity contribution < 1.29 is 0 Å². The Balaban J connectivity index is 2.23. The number of hydrogen-bond donors (Lipinski definition) is 0. The zero-order valence-electron chi connectivity index (χ0n) is 6.40. The molecule has 2 unspecified atom stereocenters. The van der Waals surface area contributed by atoms with Gasteiger partial charge in [-0.2, -0.15) is 0 Å². The van der Waals surface area contributed by atoms with Crippen LogP contribution in [0.5, 0.6) is 0 Å². The highest BCUT2D eigenvalue weighted by molar-refractivity contribution is 4.72. The van der Waals surface area contributed by atoms with E-state index in [-0.39, 0.29) is 0 Å². The van der Waals surface area contributed by atoms with Crippen molar-refractivity contribution in [3.63, 3.8) is 0 Å². The first-order chi connectivity index (χ1) is 4.33. The molecule has 0 amide bonds. The minimum atomic E-state index is 0.767. The Labute approximate surface area is 58.7 Å². The zero-order valence-corrected chi connectivity index (χ0v) is 6.40. The lowest BCUT2D eigenvalue weighted by atomic mass is 9.81. The zero-order chi connectivity index (χ0) is 6.69. The molecule has 0 bridgehead atoms. The molecule has 0 heterocycles. The SMILES string of the molecule is [CH2]C1CCCC(CC)C1. The Morgan fingerprint density at radius 2 is 2.22 bits per heavy atom. The molecule has 2 atom stereocenters. The molecule has 1 fully saturated rings. The Kier molecular flexibility index (Phi) is 2.56. The van der Waals surface area contributed by atoms with Crippen LogP contribution in [0, 0.1) is 18.8 Å². The normalized spacial score (nSPS) is 36.7. The third-order valence-electron chi connectivity index (χ3n) is 2.47. The van der Waals surface area contributed by atoms with Gasteiger partial charge in [-0.25, -0.2) is 0 Å². The van der Waals surface area contributed by atoms with E-state index in [4.69, 9.17) is 0 Å². The summed E-state index contributed by atoms with van der Waals surface area (Å²) in [5.74, 6) is 1.77.